The van der Waals surface area contributed by atoms with Crippen molar-refractivity contribution in [3.63, 3.8) is 0 Å². The molecule has 0 spiro atoms. The highest BCUT2D eigenvalue weighted by molar-refractivity contribution is 7.09. The van der Waals surface area contributed by atoms with Crippen LogP contribution in [0.4, 0.5) is 0 Å². The molecule has 0 aliphatic carbocycles. The SMILES string of the molecule is CCOC(=O)c1cc2cccn2c(C(C)OCc2nccs2)c1-c1cc(C)nn1C1CCCCO1. The van der Waals surface area contributed by atoms with Crippen LogP contribution in [-0.4, -0.2) is 38.3 Å². The van der Waals surface area contributed by atoms with Crippen molar-refractivity contribution in [2.24, 2.45) is 0 Å². The monoisotopic (exact) mass is 494 g/mol. The Morgan fingerprint density at radius 3 is 2.97 bits per heavy atom. The molecule has 1 aliphatic heterocycles. The zero-order valence-corrected chi connectivity index (χ0v) is 21.1. The Bertz CT molecular complexity index is 1300. The molecule has 0 radical (unpaired) electrons. The molecule has 2 atom stereocenters. The number of aryl methyl sites for hydroxylation is 1. The molecule has 4 aromatic rings. The van der Waals surface area contributed by atoms with Crippen LogP contribution in [0.15, 0.2) is 42.0 Å². The summed E-state index contributed by atoms with van der Waals surface area (Å²) in [5.41, 5.74) is 4.70. The van der Waals surface area contributed by atoms with Crippen LogP contribution in [0.2, 0.25) is 0 Å². The summed E-state index contributed by atoms with van der Waals surface area (Å²) in [5, 5.41) is 7.63. The van der Waals surface area contributed by atoms with E-state index in [9.17, 15) is 4.79 Å². The number of carbonyl (C=O) groups is 1. The lowest BCUT2D eigenvalue weighted by Gasteiger charge is -2.27. The summed E-state index contributed by atoms with van der Waals surface area (Å²) < 4.78 is 21.9. The summed E-state index contributed by atoms with van der Waals surface area (Å²) in [7, 11) is 0. The Balaban J connectivity index is 1.70. The second-order valence-corrected chi connectivity index (χ2v) is 9.64. The number of rotatable bonds is 8. The van der Waals surface area contributed by atoms with E-state index in [1.54, 1.807) is 17.5 Å². The predicted molar refractivity (Wildman–Crippen MR) is 133 cm³/mol. The first-order valence-corrected chi connectivity index (χ1v) is 12.9. The predicted octanol–water partition coefficient (Wildman–Crippen LogP) is 5.72. The number of ether oxygens (including phenoxy) is 3. The maximum Gasteiger partial charge on any atom is 0.338 e. The van der Waals surface area contributed by atoms with Gasteiger partial charge < -0.3 is 18.6 Å². The molecular formula is C26H30N4O4S. The number of hydrogen-bond acceptors (Lipinski definition) is 7. The second kappa shape index (κ2) is 10.3. The summed E-state index contributed by atoms with van der Waals surface area (Å²) >= 11 is 1.56. The van der Waals surface area contributed by atoms with Gasteiger partial charge in [-0.1, -0.05) is 0 Å². The molecule has 4 aromatic heterocycles. The van der Waals surface area contributed by atoms with E-state index in [2.05, 4.69) is 9.38 Å². The van der Waals surface area contributed by atoms with Crippen LogP contribution in [-0.2, 0) is 20.8 Å². The fourth-order valence-corrected chi connectivity index (χ4v) is 5.22. The van der Waals surface area contributed by atoms with Gasteiger partial charge in [0.1, 0.15) is 5.01 Å². The van der Waals surface area contributed by atoms with Gasteiger partial charge in [-0.2, -0.15) is 5.10 Å². The lowest BCUT2D eigenvalue weighted by molar-refractivity contribution is -0.0385. The lowest BCUT2D eigenvalue weighted by Crippen LogP contribution is -2.22. The second-order valence-electron chi connectivity index (χ2n) is 8.66. The fraction of sp³-hybridized carbons (Fsp3) is 0.423. The van der Waals surface area contributed by atoms with Gasteiger partial charge in [0.05, 0.1) is 42.0 Å². The molecule has 0 N–H and O–H groups in total. The minimum absolute atomic E-state index is 0.178. The van der Waals surface area contributed by atoms with Crippen LogP contribution in [0.5, 0.6) is 0 Å². The molecule has 35 heavy (non-hydrogen) atoms. The minimum atomic E-state index is -0.366. The zero-order chi connectivity index (χ0) is 24.4. The van der Waals surface area contributed by atoms with Crippen molar-refractivity contribution < 1.29 is 19.0 Å². The van der Waals surface area contributed by atoms with Gasteiger partial charge in [0.2, 0.25) is 0 Å². The highest BCUT2D eigenvalue weighted by Crippen LogP contribution is 2.38. The molecule has 5 heterocycles. The van der Waals surface area contributed by atoms with Crippen LogP contribution in [0.1, 0.15) is 72.2 Å². The standard InChI is InChI=1S/C26H30N4O4S/c1-4-32-26(31)20-15-19-8-7-11-29(19)25(18(3)34-16-22-27-10-13-35-22)24(20)21-14-17(2)28-30(21)23-9-5-6-12-33-23/h7-8,10-11,13-15,18,23H,4-6,9,12,16H2,1-3H3. The van der Waals surface area contributed by atoms with Crippen molar-refractivity contribution in [3.8, 4) is 11.3 Å². The number of fused-ring (bicyclic) bond motifs is 1. The Morgan fingerprint density at radius 1 is 1.34 bits per heavy atom. The van der Waals surface area contributed by atoms with Gasteiger partial charge in [0.25, 0.3) is 0 Å². The summed E-state index contributed by atoms with van der Waals surface area (Å²) in [6, 6.07) is 7.86. The van der Waals surface area contributed by atoms with Crippen molar-refractivity contribution in [2.45, 2.75) is 59.0 Å². The highest BCUT2D eigenvalue weighted by atomic mass is 32.1. The van der Waals surface area contributed by atoms with E-state index in [1.165, 1.54) is 0 Å². The van der Waals surface area contributed by atoms with Gasteiger partial charge >= 0.3 is 5.97 Å². The topological polar surface area (TPSA) is 79.9 Å². The van der Waals surface area contributed by atoms with Crippen molar-refractivity contribution in [2.75, 3.05) is 13.2 Å². The summed E-state index contributed by atoms with van der Waals surface area (Å²) in [5.74, 6) is -0.366. The molecule has 0 aromatic carbocycles. The van der Waals surface area contributed by atoms with Gasteiger partial charge in [-0.15, -0.1) is 11.3 Å². The third kappa shape index (κ3) is 4.76. The Hall–Kier alpha value is -3.01. The maximum absolute atomic E-state index is 13.3. The van der Waals surface area contributed by atoms with Crippen molar-refractivity contribution >= 4 is 22.8 Å². The molecular weight excluding hydrogens is 464 g/mol. The summed E-state index contributed by atoms with van der Waals surface area (Å²) in [6.07, 6.45) is 6.25. The molecule has 9 heteroatoms. The lowest BCUT2D eigenvalue weighted by atomic mass is 9.98. The number of aromatic nitrogens is 4. The molecule has 1 fully saturated rings. The average Bonchev–Trinajstić information content (AvgIpc) is 3.63. The van der Waals surface area contributed by atoms with Crippen LogP contribution < -0.4 is 0 Å². The van der Waals surface area contributed by atoms with Gasteiger partial charge in [0, 0.05) is 35.5 Å². The molecule has 0 saturated carbocycles. The van der Waals surface area contributed by atoms with Gasteiger partial charge in [0.15, 0.2) is 6.23 Å². The first kappa shape index (κ1) is 23.7. The smallest absolute Gasteiger partial charge is 0.338 e. The van der Waals surface area contributed by atoms with Crippen molar-refractivity contribution in [3.05, 3.63) is 64.0 Å². The normalized spacial score (nSPS) is 17.1. The zero-order valence-electron chi connectivity index (χ0n) is 20.3. The first-order chi connectivity index (χ1) is 17.1. The first-order valence-electron chi connectivity index (χ1n) is 12.1. The van der Waals surface area contributed by atoms with Crippen molar-refractivity contribution in [1.82, 2.24) is 19.2 Å². The van der Waals surface area contributed by atoms with E-state index >= 15 is 0 Å². The minimum Gasteiger partial charge on any atom is -0.462 e. The van der Waals surface area contributed by atoms with Crippen LogP contribution in [0, 0.1) is 6.92 Å². The Kier molecular flexibility index (Phi) is 6.99. The van der Waals surface area contributed by atoms with E-state index in [4.69, 9.17) is 19.3 Å². The molecule has 0 amide bonds. The Morgan fingerprint density at radius 2 is 2.23 bits per heavy atom. The fourth-order valence-electron chi connectivity index (χ4n) is 4.69. The quantitative estimate of drug-likeness (QED) is 0.292. The number of hydrogen-bond donors (Lipinski definition) is 0. The summed E-state index contributed by atoms with van der Waals surface area (Å²) in [6.45, 7) is 7.16. The molecule has 1 aliphatic rings. The number of thiazole rings is 1. The molecule has 8 nitrogen and oxygen atoms in total. The highest BCUT2D eigenvalue weighted by Gasteiger charge is 2.29. The van der Waals surface area contributed by atoms with Crippen LogP contribution in [0.3, 0.4) is 0 Å². The third-order valence-corrected chi connectivity index (χ3v) is 6.97. The van der Waals surface area contributed by atoms with E-state index < -0.39 is 0 Å². The van der Waals surface area contributed by atoms with Gasteiger partial charge in [-0.25, -0.2) is 14.5 Å². The number of nitrogens with zero attached hydrogens (tertiary/aromatic N) is 4. The van der Waals surface area contributed by atoms with Crippen LogP contribution in [0.25, 0.3) is 16.8 Å². The molecule has 5 rings (SSSR count). The molecule has 1 saturated heterocycles. The van der Waals surface area contributed by atoms with Crippen molar-refractivity contribution in [1.29, 1.82) is 0 Å². The number of esters is 1. The largest absolute Gasteiger partial charge is 0.462 e. The van der Waals surface area contributed by atoms with E-state index in [0.29, 0.717) is 25.4 Å². The summed E-state index contributed by atoms with van der Waals surface area (Å²) in [4.78, 5) is 17.6. The number of carbonyl (C=O) groups excluding carboxylic acids is 1. The van der Waals surface area contributed by atoms with E-state index in [-0.39, 0.29) is 18.3 Å². The molecule has 2 unspecified atom stereocenters. The number of pyridine rings is 1. The average molecular weight is 495 g/mol. The third-order valence-electron chi connectivity index (χ3n) is 6.22. The van der Waals surface area contributed by atoms with E-state index in [0.717, 1.165) is 52.4 Å². The Labute approximate surface area is 208 Å². The van der Waals surface area contributed by atoms with Gasteiger partial charge in [-0.3, -0.25) is 0 Å². The van der Waals surface area contributed by atoms with Gasteiger partial charge in [-0.05, 0) is 64.3 Å². The van der Waals surface area contributed by atoms with Crippen LogP contribution >= 0.6 is 11.3 Å². The molecule has 0 bridgehead atoms. The molecule has 184 valence electrons. The van der Waals surface area contributed by atoms with E-state index in [1.807, 2.05) is 61.3 Å². The maximum atomic E-state index is 13.3.